The summed E-state index contributed by atoms with van der Waals surface area (Å²) >= 11 is 0. The van der Waals surface area contributed by atoms with Crippen LogP contribution >= 0.6 is 0 Å². The van der Waals surface area contributed by atoms with E-state index in [1.807, 2.05) is 4.68 Å². The molecule has 1 aromatic rings. The summed E-state index contributed by atoms with van der Waals surface area (Å²) in [4.78, 5) is 0. The van der Waals surface area contributed by atoms with Gasteiger partial charge in [0.05, 0.1) is 5.69 Å². The summed E-state index contributed by atoms with van der Waals surface area (Å²) in [6, 6.07) is 0. The summed E-state index contributed by atoms with van der Waals surface area (Å²) in [5.74, 6) is 0.638. The minimum atomic E-state index is 0.638. The lowest BCUT2D eigenvalue weighted by Gasteiger charge is -2.02. The molecule has 3 nitrogen and oxygen atoms in total. The predicted octanol–water partition coefficient (Wildman–Crippen LogP) is 3.84. The summed E-state index contributed by atoms with van der Waals surface area (Å²) in [6.07, 6.45) is 11.2. The quantitative estimate of drug-likeness (QED) is 0.611. The van der Waals surface area contributed by atoms with Crippen molar-refractivity contribution < 1.29 is 0 Å². The van der Waals surface area contributed by atoms with Crippen LogP contribution in [0, 0.1) is 5.92 Å². The van der Waals surface area contributed by atoms with E-state index >= 15 is 0 Å². The zero-order valence-corrected chi connectivity index (χ0v) is 11.7. The molecule has 0 aliphatic carbocycles. The fourth-order valence-electron chi connectivity index (χ4n) is 2.00. The smallest absolute Gasteiger partial charge is 0.0827 e. The molecule has 1 rings (SSSR count). The molecule has 3 heteroatoms. The first-order valence-electron chi connectivity index (χ1n) is 7.11. The van der Waals surface area contributed by atoms with Crippen LogP contribution in [0.1, 0.15) is 65.0 Å². The Kier molecular flexibility index (Phi) is 6.90. The second kappa shape index (κ2) is 8.26. The average Bonchev–Trinajstić information content (AvgIpc) is 2.70. The van der Waals surface area contributed by atoms with Crippen molar-refractivity contribution in [1.29, 1.82) is 0 Å². The van der Waals surface area contributed by atoms with Crippen LogP contribution in [-0.2, 0) is 13.0 Å². The van der Waals surface area contributed by atoms with Crippen molar-refractivity contribution in [3.63, 3.8) is 0 Å². The Balaban J connectivity index is 2.12. The molecule has 0 aliphatic heterocycles. The van der Waals surface area contributed by atoms with Gasteiger partial charge in [0, 0.05) is 12.7 Å². The van der Waals surface area contributed by atoms with Gasteiger partial charge in [-0.1, -0.05) is 58.1 Å². The molecule has 0 amide bonds. The van der Waals surface area contributed by atoms with Crippen LogP contribution in [0.15, 0.2) is 6.20 Å². The molecule has 98 valence electrons. The van der Waals surface area contributed by atoms with Crippen molar-refractivity contribution in [3.05, 3.63) is 11.9 Å². The normalized spacial score (nSPS) is 11.3. The Bertz CT molecular complexity index is 291. The maximum atomic E-state index is 4.22. The molecule has 0 radical (unpaired) electrons. The first-order valence-corrected chi connectivity index (χ1v) is 7.11. The van der Waals surface area contributed by atoms with Crippen molar-refractivity contribution in [2.45, 2.75) is 72.3 Å². The van der Waals surface area contributed by atoms with Crippen LogP contribution in [0.25, 0.3) is 0 Å². The highest BCUT2D eigenvalue weighted by Gasteiger charge is 2.02. The number of hydrogen-bond acceptors (Lipinski definition) is 2. The van der Waals surface area contributed by atoms with E-state index in [4.69, 9.17) is 0 Å². The van der Waals surface area contributed by atoms with Crippen LogP contribution in [0.4, 0.5) is 0 Å². The largest absolute Gasteiger partial charge is 0.252 e. The minimum absolute atomic E-state index is 0.638. The lowest BCUT2D eigenvalue weighted by molar-refractivity contribution is 0.472. The van der Waals surface area contributed by atoms with Gasteiger partial charge >= 0.3 is 0 Å². The highest BCUT2D eigenvalue weighted by molar-refractivity contribution is 4.92. The molecule has 0 N–H and O–H groups in total. The zero-order valence-electron chi connectivity index (χ0n) is 11.7. The number of hydrogen-bond donors (Lipinski definition) is 0. The van der Waals surface area contributed by atoms with Crippen molar-refractivity contribution in [2.24, 2.45) is 5.92 Å². The fourth-order valence-corrected chi connectivity index (χ4v) is 2.00. The third-order valence-corrected chi connectivity index (χ3v) is 2.92. The van der Waals surface area contributed by atoms with Crippen LogP contribution in [0.5, 0.6) is 0 Å². The van der Waals surface area contributed by atoms with Gasteiger partial charge in [0.2, 0.25) is 0 Å². The topological polar surface area (TPSA) is 30.7 Å². The molecule has 1 aromatic heterocycles. The average molecular weight is 237 g/mol. The molecule has 0 unspecified atom stereocenters. The van der Waals surface area contributed by atoms with Gasteiger partial charge in [-0.2, -0.15) is 0 Å². The predicted molar refractivity (Wildman–Crippen MR) is 71.9 cm³/mol. The molecule has 1 heterocycles. The standard InChI is InChI=1S/C14H27N3/c1-4-5-6-7-8-9-10-14-12-17(16-15-14)11-13(2)3/h12-13H,4-11H2,1-3H3. The number of rotatable bonds is 9. The summed E-state index contributed by atoms with van der Waals surface area (Å²) < 4.78 is 1.97. The van der Waals surface area contributed by atoms with E-state index < -0.39 is 0 Å². The van der Waals surface area contributed by atoms with Gasteiger partial charge in [-0.05, 0) is 18.8 Å². The van der Waals surface area contributed by atoms with Gasteiger partial charge in [0.1, 0.15) is 0 Å². The number of aryl methyl sites for hydroxylation is 1. The molecule has 0 spiro atoms. The Morgan fingerprint density at radius 2 is 1.82 bits per heavy atom. The van der Waals surface area contributed by atoms with Crippen LogP contribution in [0.3, 0.4) is 0 Å². The van der Waals surface area contributed by atoms with Gasteiger partial charge in [0.15, 0.2) is 0 Å². The Morgan fingerprint density at radius 3 is 2.53 bits per heavy atom. The molecular weight excluding hydrogens is 210 g/mol. The van der Waals surface area contributed by atoms with Crippen molar-refractivity contribution in [3.8, 4) is 0 Å². The third kappa shape index (κ3) is 6.44. The summed E-state index contributed by atoms with van der Waals surface area (Å²) in [5.41, 5.74) is 1.15. The zero-order chi connectivity index (χ0) is 12.5. The summed E-state index contributed by atoms with van der Waals surface area (Å²) in [5, 5.41) is 8.37. The van der Waals surface area contributed by atoms with Gasteiger partial charge in [-0.15, -0.1) is 5.10 Å². The number of aromatic nitrogens is 3. The Labute approximate surface area is 106 Å². The lowest BCUT2D eigenvalue weighted by atomic mass is 10.1. The molecule has 0 aliphatic rings. The Morgan fingerprint density at radius 1 is 1.12 bits per heavy atom. The number of unbranched alkanes of at least 4 members (excludes halogenated alkanes) is 5. The van der Waals surface area contributed by atoms with E-state index in [1.54, 1.807) is 0 Å². The van der Waals surface area contributed by atoms with Crippen molar-refractivity contribution in [2.75, 3.05) is 0 Å². The van der Waals surface area contributed by atoms with Gasteiger partial charge in [0.25, 0.3) is 0 Å². The highest BCUT2D eigenvalue weighted by Crippen LogP contribution is 2.08. The Hall–Kier alpha value is -0.860. The molecule has 0 aromatic carbocycles. The summed E-state index contributed by atoms with van der Waals surface area (Å²) in [6.45, 7) is 7.64. The monoisotopic (exact) mass is 237 g/mol. The van der Waals surface area contributed by atoms with E-state index in [0.717, 1.165) is 18.7 Å². The molecular formula is C14H27N3. The summed E-state index contributed by atoms with van der Waals surface area (Å²) in [7, 11) is 0. The van der Waals surface area contributed by atoms with E-state index in [9.17, 15) is 0 Å². The van der Waals surface area contributed by atoms with Crippen molar-refractivity contribution in [1.82, 2.24) is 15.0 Å². The van der Waals surface area contributed by atoms with E-state index in [-0.39, 0.29) is 0 Å². The first-order chi connectivity index (χ1) is 8.22. The van der Waals surface area contributed by atoms with E-state index in [0.29, 0.717) is 5.92 Å². The fraction of sp³-hybridized carbons (Fsp3) is 0.857. The third-order valence-electron chi connectivity index (χ3n) is 2.92. The molecule has 0 saturated carbocycles. The van der Waals surface area contributed by atoms with Crippen molar-refractivity contribution >= 4 is 0 Å². The van der Waals surface area contributed by atoms with E-state index in [1.165, 1.54) is 38.5 Å². The highest BCUT2D eigenvalue weighted by atomic mass is 15.4. The maximum Gasteiger partial charge on any atom is 0.0827 e. The minimum Gasteiger partial charge on any atom is -0.252 e. The molecule has 0 fully saturated rings. The molecule has 0 bridgehead atoms. The van der Waals surface area contributed by atoms with Crippen LogP contribution in [0.2, 0.25) is 0 Å². The molecule has 0 atom stereocenters. The molecule has 0 saturated heterocycles. The lowest BCUT2D eigenvalue weighted by Crippen LogP contribution is -2.04. The molecule has 17 heavy (non-hydrogen) atoms. The van der Waals surface area contributed by atoms with Crippen LogP contribution < -0.4 is 0 Å². The SMILES string of the molecule is CCCCCCCCc1cn(CC(C)C)nn1. The van der Waals surface area contributed by atoms with Gasteiger partial charge in [-0.25, -0.2) is 0 Å². The first kappa shape index (κ1) is 14.2. The second-order valence-corrected chi connectivity index (χ2v) is 5.34. The van der Waals surface area contributed by atoms with Gasteiger partial charge < -0.3 is 0 Å². The maximum absolute atomic E-state index is 4.22. The van der Waals surface area contributed by atoms with Gasteiger partial charge in [-0.3, -0.25) is 4.68 Å². The number of nitrogens with zero attached hydrogens (tertiary/aromatic N) is 3. The second-order valence-electron chi connectivity index (χ2n) is 5.34. The van der Waals surface area contributed by atoms with Crippen LogP contribution in [-0.4, -0.2) is 15.0 Å². The van der Waals surface area contributed by atoms with E-state index in [2.05, 4.69) is 37.3 Å².